The highest BCUT2D eigenvalue weighted by Gasteiger charge is 2.19. The fraction of sp³-hybridized carbons (Fsp3) is 0.692. The molecule has 0 aliphatic rings. The number of hydrogen-bond acceptors (Lipinski definition) is 4. The van der Waals surface area contributed by atoms with E-state index in [2.05, 4.69) is 10.5 Å². The van der Waals surface area contributed by atoms with Crippen molar-refractivity contribution in [3.05, 3.63) is 17.0 Å². The molecule has 1 unspecified atom stereocenters. The minimum Gasteiger partial charge on any atom is -0.361 e. The van der Waals surface area contributed by atoms with Gasteiger partial charge in [-0.15, -0.1) is 0 Å². The molecule has 0 fully saturated rings. The van der Waals surface area contributed by atoms with Crippen molar-refractivity contribution in [2.75, 3.05) is 20.1 Å². The van der Waals surface area contributed by atoms with E-state index in [0.717, 1.165) is 23.6 Å². The van der Waals surface area contributed by atoms with Crippen molar-refractivity contribution in [2.24, 2.45) is 5.92 Å². The molecule has 1 atom stereocenters. The molecule has 0 aliphatic heterocycles. The Morgan fingerprint density at radius 3 is 2.67 bits per heavy atom. The molecule has 1 N–H and O–H groups in total. The lowest BCUT2D eigenvalue weighted by Crippen LogP contribution is -2.36. The van der Waals surface area contributed by atoms with E-state index in [4.69, 9.17) is 4.52 Å². The summed E-state index contributed by atoms with van der Waals surface area (Å²) in [6.45, 7) is 9.88. The van der Waals surface area contributed by atoms with Gasteiger partial charge in [-0.2, -0.15) is 0 Å². The largest absolute Gasteiger partial charge is 0.361 e. The molecule has 0 saturated heterocycles. The van der Waals surface area contributed by atoms with Gasteiger partial charge in [-0.25, -0.2) is 0 Å². The zero-order valence-electron chi connectivity index (χ0n) is 11.9. The summed E-state index contributed by atoms with van der Waals surface area (Å²) >= 11 is 0. The molecular weight excluding hydrogens is 230 g/mol. The van der Waals surface area contributed by atoms with E-state index >= 15 is 0 Å². The highest BCUT2D eigenvalue weighted by Crippen LogP contribution is 2.15. The van der Waals surface area contributed by atoms with Gasteiger partial charge in [0.05, 0.1) is 12.2 Å². The molecule has 1 heterocycles. The Balaban J connectivity index is 2.60. The third-order valence-electron chi connectivity index (χ3n) is 3.07. The molecule has 102 valence electrons. The van der Waals surface area contributed by atoms with Crippen molar-refractivity contribution in [3.63, 3.8) is 0 Å². The molecule has 18 heavy (non-hydrogen) atoms. The zero-order chi connectivity index (χ0) is 13.7. The van der Waals surface area contributed by atoms with E-state index in [1.54, 1.807) is 4.90 Å². The summed E-state index contributed by atoms with van der Waals surface area (Å²) in [7, 11) is 1.82. The van der Waals surface area contributed by atoms with Crippen LogP contribution in [0.3, 0.4) is 0 Å². The Bertz CT molecular complexity index is 381. The standard InChI is InChI=1S/C13H23N3O2/c1-6-14-7-9(2)13(17)16(5)8-12-10(3)15-18-11(12)4/h9,14H,6-8H2,1-5H3. The number of rotatable bonds is 6. The first-order chi connectivity index (χ1) is 8.47. The van der Waals surface area contributed by atoms with Crippen LogP contribution in [0, 0.1) is 19.8 Å². The van der Waals surface area contributed by atoms with E-state index in [1.165, 1.54) is 0 Å². The number of nitrogens with zero attached hydrogens (tertiary/aromatic N) is 2. The minimum atomic E-state index is -0.0181. The van der Waals surface area contributed by atoms with Crippen LogP contribution in [0.2, 0.25) is 0 Å². The molecule has 0 aromatic carbocycles. The first-order valence-electron chi connectivity index (χ1n) is 6.34. The van der Waals surface area contributed by atoms with Crippen molar-refractivity contribution in [3.8, 4) is 0 Å². The molecule has 1 aromatic rings. The summed E-state index contributed by atoms with van der Waals surface area (Å²) in [5.74, 6) is 0.901. The number of aryl methyl sites for hydroxylation is 2. The Morgan fingerprint density at radius 1 is 1.50 bits per heavy atom. The van der Waals surface area contributed by atoms with E-state index < -0.39 is 0 Å². The number of amides is 1. The van der Waals surface area contributed by atoms with E-state index in [0.29, 0.717) is 13.1 Å². The van der Waals surface area contributed by atoms with Crippen LogP contribution in [0.4, 0.5) is 0 Å². The summed E-state index contributed by atoms with van der Waals surface area (Å²) < 4.78 is 5.10. The van der Waals surface area contributed by atoms with E-state index in [-0.39, 0.29) is 11.8 Å². The number of carbonyl (C=O) groups is 1. The van der Waals surface area contributed by atoms with Crippen LogP contribution >= 0.6 is 0 Å². The van der Waals surface area contributed by atoms with Crippen molar-refractivity contribution >= 4 is 5.91 Å². The maximum Gasteiger partial charge on any atom is 0.226 e. The van der Waals surface area contributed by atoms with Crippen molar-refractivity contribution in [1.29, 1.82) is 0 Å². The van der Waals surface area contributed by atoms with E-state index in [1.807, 2.05) is 34.7 Å². The average molecular weight is 253 g/mol. The molecule has 0 radical (unpaired) electrons. The summed E-state index contributed by atoms with van der Waals surface area (Å²) in [4.78, 5) is 13.9. The van der Waals surface area contributed by atoms with Gasteiger partial charge in [0.15, 0.2) is 0 Å². The summed E-state index contributed by atoms with van der Waals surface area (Å²) in [5.41, 5.74) is 1.85. The van der Waals surface area contributed by atoms with Gasteiger partial charge in [-0.1, -0.05) is 19.0 Å². The quantitative estimate of drug-likeness (QED) is 0.834. The highest BCUT2D eigenvalue weighted by molar-refractivity contribution is 5.78. The van der Waals surface area contributed by atoms with Gasteiger partial charge in [0, 0.05) is 25.1 Å². The second-order valence-corrected chi connectivity index (χ2v) is 4.71. The molecule has 0 aliphatic carbocycles. The molecule has 1 aromatic heterocycles. The van der Waals surface area contributed by atoms with Crippen LogP contribution in [0.15, 0.2) is 4.52 Å². The van der Waals surface area contributed by atoms with E-state index in [9.17, 15) is 4.79 Å². The normalized spacial score (nSPS) is 12.5. The Hall–Kier alpha value is -1.36. The smallest absolute Gasteiger partial charge is 0.226 e. The van der Waals surface area contributed by atoms with Gasteiger partial charge < -0.3 is 14.7 Å². The van der Waals surface area contributed by atoms with Crippen LogP contribution in [-0.4, -0.2) is 36.1 Å². The summed E-state index contributed by atoms with van der Waals surface area (Å²) in [6.07, 6.45) is 0. The van der Waals surface area contributed by atoms with Gasteiger partial charge in [0.2, 0.25) is 5.91 Å². The number of aromatic nitrogens is 1. The molecule has 0 saturated carbocycles. The first kappa shape index (κ1) is 14.7. The predicted molar refractivity (Wildman–Crippen MR) is 70.2 cm³/mol. The lowest BCUT2D eigenvalue weighted by Gasteiger charge is -2.21. The Kier molecular flexibility index (Phi) is 5.34. The Morgan fingerprint density at radius 2 is 2.17 bits per heavy atom. The van der Waals surface area contributed by atoms with Crippen LogP contribution in [0.1, 0.15) is 30.9 Å². The number of nitrogens with one attached hydrogen (secondary N) is 1. The summed E-state index contributed by atoms with van der Waals surface area (Å²) in [6, 6.07) is 0. The SMILES string of the molecule is CCNCC(C)C(=O)N(C)Cc1c(C)noc1C. The van der Waals surface area contributed by atoms with Crippen molar-refractivity contribution < 1.29 is 9.32 Å². The molecule has 5 nitrogen and oxygen atoms in total. The molecule has 5 heteroatoms. The third kappa shape index (κ3) is 3.57. The van der Waals surface area contributed by atoms with Crippen molar-refractivity contribution in [2.45, 2.75) is 34.2 Å². The van der Waals surface area contributed by atoms with Gasteiger partial charge in [-0.3, -0.25) is 4.79 Å². The zero-order valence-corrected chi connectivity index (χ0v) is 11.9. The molecule has 0 bridgehead atoms. The van der Waals surface area contributed by atoms with Crippen LogP contribution in [0.5, 0.6) is 0 Å². The van der Waals surface area contributed by atoms with Crippen LogP contribution < -0.4 is 5.32 Å². The maximum absolute atomic E-state index is 12.1. The second kappa shape index (κ2) is 6.54. The van der Waals surface area contributed by atoms with Gasteiger partial charge >= 0.3 is 0 Å². The Labute approximate surface area is 109 Å². The number of hydrogen-bond donors (Lipinski definition) is 1. The molecule has 1 rings (SSSR count). The van der Waals surface area contributed by atoms with Crippen molar-refractivity contribution in [1.82, 2.24) is 15.4 Å². The fourth-order valence-corrected chi connectivity index (χ4v) is 1.87. The second-order valence-electron chi connectivity index (χ2n) is 4.71. The summed E-state index contributed by atoms with van der Waals surface area (Å²) in [5, 5.41) is 7.08. The van der Waals surface area contributed by atoms with Gasteiger partial charge in [-0.05, 0) is 20.4 Å². The monoisotopic (exact) mass is 253 g/mol. The molecule has 0 spiro atoms. The maximum atomic E-state index is 12.1. The fourth-order valence-electron chi connectivity index (χ4n) is 1.87. The van der Waals surface area contributed by atoms with Crippen LogP contribution in [0.25, 0.3) is 0 Å². The predicted octanol–water partition coefficient (Wildman–Crippen LogP) is 1.50. The lowest BCUT2D eigenvalue weighted by atomic mass is 10.1. The molecule has 1 amide bonds. The number of carbonyl (C=O) groups excluding carboxylic acids is 1. The topological polar surface area (TPSA) is 58.4 Å². The lowest BCUT2D eigenvalue weighted by molar-refractivity contribution is -0.134. The average Bonchev–Trinajstić information content (AvgIpc) is 2.66. The molecular formula is C13H23N3O2. The highest BCUT2D eigenvalue weighted by atomic mass is 16.5. The van der Waals surface area contributed by atoms with Crippen LogP contribution in [-0.2, 0) is 11.3 Å². The third-order valence-corrected chi connectivity index (χ3v) is 3.07. The minimum absolute atomic E-state index is 0.0181. The first-order valence-corrected chi connectivity index (χ1v) is 6.34. The van der Waals surface area contributed by atoms with Gasteiger partial charge in [0.25, 0.3) is 0 Å². The van der Waals surface area contributed by atoms with Gasteiger partial charge in [0.1, 0.15) is 5.76 Å².